The molecule has 8 rings (SSSR count). The van der Waals surface area contributed by atoms with Gasteiger partial charge in [-0.2, -0.15) is 0 Å². The van der Waals surface area contributed by atoms with Gasteiger partial charge in [-0.25, -0.2) is 9.97 Å². The van der Waals surface area contributed by atoms with Crippen molar-refractivity contribution in [2.45, 2.75) is 12.5 Å². The van der Waals surface area contributed by atoms with Crippen LogP contribution in [-0.4, -0.2) is 21.2 Å². The van der Waals surface area contributed by atoms with Crippen molar-refractivity contribution in [2.75, 3.05) is 0 Å². The fourth-order valence-electron chi connectivity index (χ4n) is 5.94. The molecule has 0 amide bonds. The maximum absolute atomic E-state index is 5.17. The zero-order valence-corrected chi connectivity index (χ0v) is 21.4. The van der Waals surface area contributed by atoms with E-state index in [-0.39, 0.29) is 11.5 Å². The van der Waals surface area contributed by atoms with Crippen LogP contribution in [0.3, 0.4) is 0 Å². The van der Waals surface area contributed by atoms with Gasteiger partial charge >= 0.3 is 0 Å². The van der Waals surface area contributed by atoms with Crippen LogP contribution in [0.4, 0.5) is 0 Å². The van der Waals surface area contributed by atoms with Crippen LogP contribution in [-0.2, 0) is 5.54 Å². The molecule has 0 bridgehead atoms. The Bertz CT molecular complexity index is 2050. The zero-order chi connectivity index (χ0) is 26.0. The summed E-state index contributed by atoms with van der Waals surface area (Å²) in [6, 6.07) is 29.9. The van der Waals surface area contributed by atoms with Crippen molar-refractivity contribution in [1.82, 2.24) is 15.0 Å². The lowest BCUT2D eigenvalue weighted by Crippen LogP contribution is -2.33. The SMILES string of the molecule is CC12N=CC=C[C@@H]1C=Cc1ccc(-c3ccc4ccc(-c5ccc6ccc7cccnc7c6n5)cc4c3)nc12. The standard InChI is InChI=1S/C35H24N4/c1-35-29(5-3-19-37-35)15-12-25-14-17-31(39-34(25)35)27-11-7-22-6-10-26(20-28(22)21-27)30-16-13-24-9-8-23-4-2-18-36-32(23)33(24)38-30/h2-21,29H,1H3/t29-,35?/m1/s1. The molecule has 0 N–H and O–H groups in total. The second kappa shape index (κ2) is 8.27. The van der Waals surface area contributed by atoms with Crippen molar-refractivity contribution in [1.29, 1.82) is 0 Å². The lowest BCUT2D eigenvalue weighted by atomic mass is 9.76. The summed E-state index contributed by atoms with van der Waals surface area (Å²) < 4.78 is 0. The highest BCUT2D eigenvalue weighted by Crippen LogP contribution is 2.42. The third-order valence-corrected chi connectivity index (χ3v) is 8.15. The molecule has 6 aromatic rings. The minimum absolute atomic E-state index is 0.221. The lowest BCUT2D eigenvalue weighted by Gasteiger charge is -2.36. The molecule has 0 radical (unpaired) electrons. The first-order valence-corrected chi connectivity index (χ1v) is 13.3. The molecule has 1 unspecified atom stereocenters. The lowest BCUT2D eigenvalue weighted by molar-refractivity contribution is 0.404. The second-order valence-corrected chi connectivity index (χ2v) is 10.5. The normalized spacial score (nSPS) is 19.5. The van der Waals surface area contributed by atoms with Crippen molar-refractivity contribution >= 4 is 44.9 Å². The highest BCUT2D eigenvalue weighted by Gasteiger charge is 2.39. The van der Waals surface area contributed by atoms with E-state index < -0.39 is 0 Å². The average Bonchev–Trinajstić information content (AvgIpc) is 3.00. The van der Waals surface area contributed by atoms with Crippen molar-refractivity contribution in [2.24, 2.45) is 10.9 Å². The second-order valence-electron chi connectivity index (χ2n) is 10.5. The molecular formula is C35H24N4. The van der Waals surface area contributed by atoms with E-state index in [1.807, 2.05) is 24.6 Å². The van der Waals surface area contributed by atoms with Gasteiger partial charge in [0.25, 0.3) is 0 Å². The maximum Gasteiger partial charge on any atom is 0.110 e. The van der Waals surface area contributed by atoms with Crippen LogP contribution in [0.1, 0.15) is 18.2 Å². The predicted molar refractivity (Wildman–Crippen MR) is 161 cm³/mol. The molecule has 4 heterocycles. The quantitative estimate of drug-likeness (QED) is 0.225. The van der Waals surface area contributed by atoms with Crippen LogP contribution < -0.4 is 0 Å². The Morgan fingerprint density at radius 2 is 1.38 bits per heavy atom. The van der Waals surface area contributed by atoms with Gasteiger partial charge < -0.3 is 0 Å². The van der Waals surface area contributed by atoms with Crippen molar-refractivity contribution in [3.63, 3.8) is 0 Å². The minimum atomic E-state index is -0.375. The highest BCUT2D eigenvalue weighted by molar-refractivity contribution is 6.03. The summed E-state index contributed by atoms with van der Waals surface area (Å²) in [6.07, 6.45) is 12.4. The number of hydrogen-bond donors (Lipinski definition) is 0. The van der Waals surface area contributed by atoms with Gasteiger partial charge in [0.2, 0.25) is 0 Å². The van der Waals surface area contributed by atoms with Crippen LogP contribution in [0.5, 0.6) is 0 Å². The molecule has 39 heavy (non-hydrogen) atoms. The summed E-state index contributed by atoms with van der Waals surface area (Å²) in [5.41, 5.74) is 7.73. The molecule has 4 heteroatoms. The van der Waals surface area contributed by atoms with Crippen LogP contribution in [0.2, 0.25) is 0 Å². The fourth-order valence-corrected chi connectivity index (χ4v) is 5.94. The molecule has 3 aromatic heterocycles. The average molecular weight is 501 g/mol. The number of benzene rings is 3. The Labute approximate surface area is 226 Å². The molecule has 1 aliphatic carbocycles. The molecule has 4 nitrogen and oxygen atoms in total. The molecule has 3 aromatic carbocycles. The highest BCUT2D eigenvalue weighted by atomic mass is 14.9. The van der Waals surface area contributed by atoms with Gasteiger partial charge in [-0.3, -0.25) is 9.98 Å². The van der Waals surface area contributed by atoms with Gasteiger partial charge in [-0.1, -0.05) is 72.8 Å². The number of dihydropyridines is 1. The number of allylic oxidation sites excluding steroid dienone is 1. The first-order chi connectivity index (χ1) is 19.2. The Morgan fingerprint density at radius 3 is 2.23 bits per heavy atom. The van der Waals surface area contributed by atoms with E-state index in [2.05, 4.69) is 109 Å². The third kappa shape index (κ3) is 3.45. The summed E-state index contributed by atoms with van der Waals surface area (Å²) in [4.78, 5) is 19.7. The minimum Gasteiger partial charge on any atom is -0.279 e. The van der Waals surface area contributed by atoms with E-state index in [1.54, 1.807) is 0 Å². The number of fused-ring (bicyclic) bond motifs is 7. The van der Waals surface area contributed by atoms with Crippen molar-refractivity contribution < 1.29 is 0 Å². The summed E-state index contributed by atoms with van der Waals surface area (Å²) in [5.74, 6) is 0.221. The summed E-state index contributed by atoms with van der Waals surface area (Å²) in [5, 5.41) is 4.53. The first-order valence-electron chi connectivity index (χ1n) is 13.3. The molecule has 0 saturated heterocycles. The van der Waals surface area contributed by atoms with E-state index in [4.69, 9.17) is 15.0 Å². The molecule has 0 fully saturated rings. The molecule has 2 atom stereocenters. The largest absolute Gasteiger partial charge is 0.279 e. The van der Waals surface area contributed by atoms with Gasteiger partial charge in [0.15, 0.2) is 0 Å². The van der Waals surface area contributed by atoms with Crippen LogP contribution in [0.25, 0.3) is 61.2 Å². The number of aromatic nitrogens is 3. The Morgan fingerprint density at radius 1 is 0.667 bits per heavy atom. The maximum atomic E-state index is 5.17. The number of nitrogens with zero attached hydrogens (tertiary/aromatic N) is 4. The van der Waals surface area contributed by atoms with Gasteiger partial charge in [0, 0.05) is 40.2 Å². The summed E-state index contributed by atoms with van der Waals surface area (Å²) in [7, 11) is 0. The van der Waals surface area contributed by atoms with E-state index in [0.717, 1.165) is 61.0 Å². The predicted octanol–water partition coefficient (Wildman–Crippen LogP) is 8.16. The molecule has 0 spiro atoms. The van der Waals surface area contributed by atoms with E-state index in [1.165, 1.54) is 5.39 Å². The van der Waals surface area contributed by atoms with Gasteiger partial charge in [-0.05, 0) is 59.7 Å². The smallest absolute Gasteiger partial charge is 0.110 e. The number of pyridine rings is 3. The third-order valence-electron chi connectivity index (χ3n) is 8.15. The molecule has 1 aliphatic heterocycles. The van der Waals surface area contributed by atoms with Crippen LogP contribution >= 0.6 is 0 Å². The number of hydrogen-bond acceptors (Lipinski definition) is 4. The fraction of sp³-hybridized carbons (Fsp3) is 0.0857. The van der Waals surface area contributed by atoms with Crippen LogP contribution in [0, 0.1) is 5.92 Å². The number of aliphatic imine (C=N–C) groups is 1. The van der Waals surface area contributed by atoms with Gasteiger partial charge in [0.05, 0.1) is 28.1 Å². The molecule has 0 saturated carbocycles. The Balaban J connectivity index is 1.23. The van der Waals surface area contributed by atoms with Gasteiger partial charge in [0.1, 0.15) is 5.54 Å². The van der Waals surface area contributed by atoms with E-state index >= 15 is 0 Å². The van der Waals surface area contributed by atoms with Crippen molar-refractivity contribution in [3.05, 3.63) is 121 Å². The molecular weight excluding hydrogens is 476 g/mol. The summed E-state index contributed by atoms with van der Waals surface area (Å²) >= 11 is 0. The van der Waals surface area contributed by atoms with Crippen LogP contribution in [0.15, 0.2) is 114 Å². The first kappa shape index (κ1) is 22.1. The summed E-state index contributed by atoms with van der Waals surface area (Å²) in [6.45, 7) is 2.18. The Kier molecular flexibility index (Phi) is 4.68. The van der Waals surface area contributed by atoms with Gasteiger partial charge in [-0.15, -0.1) is 0 Å². The monoisotopic (exact) mass is 500 g/mol. The topological polar surface area (TPSA) is 51.0 Å². The van der Waals surface area contributed by atoms with E-state index in [0.29, 0.717) is 0 Å². The number of rotatable bonds is 2. The van der Waals surface area contributed by atoms with E-state index in [9.17, 15) is 0 Å². The zero-order valence-electron chi connectivity index (χ0n) is 21.4. The molecule has 184 valence electrons. The Hall–Kier alpha value is -4.96. The molecule has 2 aliphatic rings. The van der Waals surface area contributed by atoms with Crippen molar-refractivity contribution in [3.8, 4) is 22.5 Å².